The van der Waals surface area contributed by atoms with Crippen LogP contribution in [0.2, 0.25) is 0 Å². The molecule has 0 aromatic heterocycles. The van der Waals surface area contributed by atoms with Crippen LogP contribution < -0.4 is 5.32 Å². The van der Waals surface area contributed by atoms with E-state index in [1.54, 1.807) is 24.3 Å². The molecule has 3 aromatic carbocycles. The number of halogens is 1. The minimum atomic E-state index is -0.532. The molecule has 0 radical (unpaired) electrons. The number of benzene rings is 3. The van der Waals surface area contributed by atoms with Crippen molar-refractivity contribution >= 4 is 22.6 Å². The van der Waals surface area contributed by atoms with Crippen LogP contribution in [0, 0.1) is 5.82 Å². The first-order chi connectivity index (χ1) is 12.6. The Bertz CT molecular complexity index is 917. The van der Waals surface area contributed by atoms with Crippen molar-refractivity contribution in [3.05, 3.63) is 83.7 Å². The summed E-state index contributed by atoms with van der Waals surface area (Å²) >= 11 is 0. The van der Waals surface area contributed by atoms with Gasteiger partial charge in [0.05, 0.1) is 5.56 Å². The molecule has 4 nitrogen and oxygen atoms in total. The minimum absolute atomic E-state index is 0.293. The van der Waals surface area contributed by atoms with Crippen molar-refractivity contribution < 1.29 is 18.7 Å². The van der Waals surface area contributed by atoms with E-state index in [2.05, 4.69) is 5.32 Å². The Morgan fingerprint density at radius 1 is 0.923 bits per heavy atom. The summed E-state index contributed by atoms with van der Waals surface area (Å²) in [6.45, 7) is 0.0434. The third-order valence-corrected chi connectivity index (χ3v) is 3.99. The monoisotopic (exact) mass is 351 g/mol. The zero-order valence-electron chi connectivity index (χ0n) is 14.1. The lowest BCUT2D eigenvalue weighted by Crippen LogP contribution is -2.30. The van der Waals surface area contributed by atoms with Gasteiger partial charge in [0.1, 0.15) is 5.82 Å². The quantitative estimate of drug-likeness (QED) is 0.692. The summed E-state index contributed by atoms with van der Waals surface area (Å²) in [5.41, 5.74) is 1.35. The molecule has 0 fully saturated rings. The van der Waals surface area contributed by atoms with E-state index in [4.69, 9.17) is 4.74 Å². The van der Waals surface area contributed by atoms with E-state index in [9.17, 15) is 14.0 Å². The summed E-state index contributed by atoms with van der Waals surface area (Å²) in [5.74, 6) is -1.20. The first-order valence-electron chi connectivity index (χ1n) is 8.29. The zero-order chi connectivity index (χ0) is 18.4. The maximum atomic E-state index is 12.8. The normalized spacial score (nSPS) is 10.5. The van der Waals surface area contributed by atoms with E-state index in [0.29, 0.717) is 18.5 Å². The number of nitrogens with one attached hydrogen (secondary N) is 1. The largest absolute Gasteiger partial charge is 0.452 e. The molecule has 0 aliphatic carbocycles. The SMILES string of the molecule is O=C(COC(=O)c1cccc2ccccc12)NCCc1ccc(F)cc1. The Kier molecular flexibility index (Phi) is 5.59. The van der Waals surface area contributed by atoms with Crippen LogP contribution in [-0.4, -0.2) is 25.0 Å². The summed E-state index contributed by atoms with van der Waals surface area (Å²) in [5, 5.41) is 4.40. The molecule has 0 spiro atoms. The van der Waals surface area contributed by atoms with Gasteiger partial charge < -0.3 is 10.1 Å². The first kappa shape index (κ1) is 17.6. The van der Waals surface area contributed by atoms with E-state index in [1.165, 1.54) is 12.1 Å². The third-order valence-electron chi connectivity index (χ3n) is 3.99. The van der Waals surface area contributed by atoms with Gasteiger partial charge in [-0.3, -0.25) is 4.79 Å². The Morgan fingerprint density at radius 2 is 1.65 bits per heavy atom. The number of fused-ring (bicyclic) bond motifs is 1. The molecule has 0 saturated heterocycles. The molecular weight excluding hydrogens is 333 g/mol. The van der Waals surface area contributed by atoms with Gasteiger partial charge in [-0.1, -0.05) is 48.5 Å². The Labute approximate surface area is 150 Å². The number of rotatable bonds is 6. The van der Waals surface area contributed by atoms with E-state index >= 15 is 0 Å². The van der Waals surface area contributed by atoms with Gasteiger partial charge in [0.25, 0.3) is 5.91 Å². The van der Waals surface area contributed by atoms with Crippen molar-refractivity contribution in [3.8, 4) is 0 Å². The molecule has 0 aliphatic heterocycles. The van der Waals surface area contributed by atoms with Gasteiger partial charge in [0.15, 0.2) is 6.61 Å². The molecule has 1 N–H and O–H groups in total. The summed E-state index contributed by atoms with van der Waals surface area (Å²) in [4.78, 5) is 24.1. The molecule has 0 aliphatic rings. The van der Waals surface area contributed by atoms with Crippen LogP contribution >= 0.6 is 0 Å². The number of carbonyl (C=O) groups is 2. The highest BCUT2D eigenvalue weighted by Gasteiger charge is 2.12. The topological polar surface area (TPSA) is 55.4 Å². The van der Waals surface area contributed by atoms with Gasteiger partial charge in [-0.05, 0) is 41.0 Å². The molecule has 132 valence electrons. The molecule has 3 rings (SSSR count). The smallest absolute Gasteiger partial charge is 0.339 e. The summed E-state index contributed by atoms with van der Waals surface area (Å²) in [6.07, 6.45) is 0.573. The zero-order valence-corrected chi connectivity index (χ0v) is 14.1. The number of hydrogen-bond acceptors (Lipinski definition) is 3. The second kappa shape index (κ2) is 8.25. The number of carbonyl (C=O) groups excluding carboxylic acids is 2. The predicted octanol–water partition coefficient (Wildman–Crippen LogP) is 3.49. The lowest BCUT2D eigenvalue weighted by Gasteiger charge is -2.08. The van der Waals surface area contributed by atoms with Crippen molar-refractivity contribution in [1.29, 1.82) is 0 Å². The fourth-order valence-corrected chi connectivity index (χ4v) is 2.66. The third kappa shape index (κ3) is 4.45. The lowest BCUT2D eigenvalue weighted by molar-refractivity contribution is -0.124. The van der Waals surface area contributed by atoms with Gasteiger partial charge in [-0.2, -0.15) is 0 Å². The summed E-state index contributed by atoms with van der Waals surface area (Å²) < 4.78 is 17.9. The number of ether oxygens (including phenoxy) is 1. The Balaban J connectivity index is 1.49. The van der Waals surface area contributed by atoms with Gasteiger partial charge >= 0.3 is 5.97 Å². The number of esters is 1. The Morgan fingerprint density at radius 3 is 2.46 bits per heavy atom. The second-order valence-corrected chi connectivity index (χ2v) is 5.83. The fourth-order valence-electron chi connectivity index (χ4n) is 2.66. The fraction of sp³-hybridized carbons (Fsp3) is 0.143. The number of hydrogen-bond donors (Lipinski definition) is 1. The molecule has 3 aromatic rings. The highest BCUT2D eigenvalue weighted by molar-refractivity contribution is 6.04. The van der Waals surface area contributed by atoms with Crippen molar-refractivity contribution in [1.82, 2.24) is 5.32 Å². The first-order valence-corrected chi connectivity index (χ1v) is 8.29. The average Bonchev–Trinajstić information content (AvgIpc) is 2.67. The molecule has 0 atom stereocenters. The van der Waals surface area contributed by atoms with Crippen LogP contribution in [0.15, 0.2) is 66.7 Å². The second-order valence-electron chi connectivity index (χ2n) is 5.83. The highest BCUT2D eigenvalue weighted by Crippen LogP contribution is 2.19. The highest BCUT2D eigenvalue weighted by atomic mass is 19.1. The molecule has 1 amide bonds. The van der Waals surface area contributed by atoms with E-state index in [0.717, 1.165) is 16.3 Å². The number of amides is 1. The molecule has 0 heterocycles. The maximum Gasteiger partial charge on any atom is 0.339 e. The van der Waals surface area contributed by atoms with Crippen molar-refractivity contribution in [2.75, 3.05) is 13.2 Å². The van der Waals surface area contributed by atoms with Crippen LogP contribution in [0.5, 0.6) is 0 Å². The lowest BCUT2D eigenvalue weighted by atomic mass is 10.1. The van der Waals surface area contributed by atoms with E-state index in [-0.39, 0.29) is 18.3 Å². The molecule has 0 saturated carbocycles. The summed E-state index contributed by atoms with van der Waals surface area (Å²) in [7, 11) is 0. The van der Waals surface area contributed by atoms with Crippen LogP contribution in [0.25, 0.3) is 10.8 Å². The van der Waals surface area contributed by atoms with Crippen LogP contribution in [0.3, 0.4) is 0 Å². The van der Waals surface area contributed by atoms with Crippen LogP contribution in [-0.2, 0) is 16.0 Å². The average molecular weight is 351 g/mol. The van der Waals surface area contributed by atoms with E-state index < -0.39 is 5.97 Å². The molecule has 26 heavy (non-hydrogen) atoms. The minimum Gasteiger partial charge on any atom is -0.452 e. The van der Waals surface area contributed by atoms with Gasteiger partial charge in [-0.25, -0.2) is 9.18 Å². The van der Waals surface area contributed by atoms with E-state index in [1.807, 2.05) is 30.3 Å². The Hall–Kier alpha value is -3.21. The molecule has 0 unspecified atom stereocenters. The standard InChI is InChI=1S/C21H18FNO3/c22-17-10-8-15(9-11-17)12-13-23-20(24)14-26-21(25)19-7-3-5-16-4-1-2-6-18(16)19/h1-11H,12-14H2,(H,23,24). The van der Waals surface area contributed by atoms with Crippen molar-refractivity contribution in [2.45, 2.75) is 6.42 Å². The van der Waals surface area contributed by atoms with Crippen LogP contribution in [0.1, 0.15) is 15.9 Å². The van der Waals surface area contributed by atoms with Crippen molar-refractivity contribution in [3.63, 3.8) is 0 Å². The predicted molar refractivity (Wildman–Crippen MR) is 97.3 cm³/mol. The molecule has 5 heteroatoms. The van der Waals surface area contributed by atoms with Gasteiger partial charge in [0.2, 0.25) is 0 Å². The van der Waals surface area contributed by atoms with Crippen molar-refractivity contribution in [2.24, 2.45) is 0 Å². The van der Waals surface area contributed by atoms with Crippen LogP contribution in [0.4, 0.5) is 4.39 Å². The molecule has 0 bridgehead atoms. The summed E-state index contributed by atoms with van der Waals surface area (Å²) in [6, 6.07) is 19.0. The van der Waals surface area contributed by atoms with Gasteiger partial charge in [-0.15, -0.1) is 0 Å². The molecular formula is C21H18FNO3. The van der Waals surface area contributed by atoms with Gasteiger partial charge in [0, 0.05) is 6.54 Å². The maximum absolute atomic E-state index is 12.8.